The molecule has 1 aliphatic heterocycles. The number of morpholine rings is 1. The summed E-state index contributed by atoms with van der Waals surface area (Å²) < 4.78 is 11.0. The lowest BCUT2D eigenvalue weighted by Crippen LogP contribution is -2.40. The van der Waals surface area contributed by atoms with Gasteiger partial charge in [-0.25, -0.2) is 0 Å². The molecule has 6 nitrogen and oxygen atoms in total. The van der Waals surface area contributed by atoms with Crippen LogP contribution in [0, 0.1) is 5.92 Å². The van der Waals surface area contributed by atoms with Crippen molar-refractivity contribution in [3.8, 4) is 0 Å². The number of hydrogen-bond donors (Lipinski definition) is 2. The Bertz CT molecular complexity index is 320. The van der Waals surface area contributed by atoms with Crippen LogP contribution in [0.15, 0.2) is 4.99 Å². The number of aliphatic imine (C=N–C) groups is 1. The molecule has 1 aliphatic rings. The molecule has 0 amide bonds. The smallest absolute Gasteiger partial charge is 0.191 e. The predicted octanol–water partition coefficient (Wildman–Crippen LogP) is 1.72. The summed E-state index contributed by atoms with van der Waals surface area (Å²) in [5, 5.41) is 6.71. The number of rotatable bonds is 12. The zero-order chi connectivity index (χ0) is 17.5. The first kappa shape index (κ1) is 21.2. The summed E-state index contributed by atoms with van der Waals surface area (Å²) in [6.45, 7) is 15.8. The monoisotopic (exact) mass is 342 g/mol. The van der Waals surface area contributed by atoms with E-state index >= 15 is 0 Å². The Hall–Kier alpha value is -0.850. The lowest BCUT2D eigenvalue weighted by Gasteiger charge is -2.28. The van der Waals surface area contributed by atoms with Crippen molar-refractivity contribution in [1.29, 1.82) is 0 Å². The number of unbranched alkanes of at least 4 members (excludes halogenated alkanes) is 1. The van der Waals surface area contributed by atoms with Crippen LogP contribution in [0.4, 0.5) is 0 Å². The van der Waals surface area contributed by atoms with E-state index in [-0.39, 0.29) is 0 Å². The first-order valence-corrected chi connectivity index (χ1v) is 9.66. The van der Waals surface area contributed by atoms with E-state index in [4.69, 9.17) is 14.5 Å². The molecule has 24 heavy (non-hydrogen) atoms. The van der Waals surface area contributed by atoms with Crippen LogP contribution in [-0.4, -0.2) is 76.6 Å². The molecular formula is C18H38N4O2. The molecule has 1 saturated heterocycles. The minimum atomic E-state index is 0.552. The van der Waals surface area contributed by atoms with Gasteiger partial charge in [0.1, 0.15) is 0 Å². The minimum absolute atomic E-state index is 0.552. The van der Waals surface area contributed by atoms with Crippen molar-refractivity contribution in [3.05, 3.63) is 0 Å². The summed E-state index contributed by atoms with van der Waals surface area (Å²) in [5.41, 5.74) is 0. The van der Waals surface area contributed by atoms with Crippen LogP contribution in [-0.2, 0) is 9.47 Å². The molecule has 0 aliphatic carbocycles. The van der Waals surface area contributed by atoms with Gasteiger partial charge < -0.3 is 20.1 Å². The van der Waals surface area contributed by atoms with E-state index in [0.29, 0.717) is 5.92 Å². The van der Waals surface area contributed by atoms with Crippen LogP contribution in [0.25, 0.3) is 0 Å². The van der Waals surface area contributed by atoms with Gasteiger partial charge >= 0.3 is 0 Å². The molecule has 0 bridgehead atoms. The molecule has 0 aromatic carbocycles. The molecule has 0 aromatic rings. The van der Waals surface area contributed by atoms with Gasteiger partial charge in [-0.1, -0.05) is 20.3 Å². The van der Waals surface area contributed by atoms with Crippen LogP contribution in [0.5, 0.6) is 0 Å². The molecule has 1 heterocycles. The SMILES string of the molecule is CCCCOCCCNC(=NCC(C)CN1CCOCC1)NCC. The third kappa shape index (κ3) is 10.8. The number of nitrogens with zero attached hydrogens (tertiary/aromatic N) is 2. The maximum Gasteiger partial charge on any atom is 0.191 e. The number of guanidine groups is 1. The second-order valence-corrected chi connectivity index (χ2v) is 6.48. The van der Waals surface area contributed by atoms with Gasteiger partial charge in [-0.2, -0.15) is 0 Å². The van der Waals surface area contributed by atoms with Crippen molar-refractivity contribution in [3.63, 3.8) is 0 Å². The Morgan fingerprint density at radius 3 is 2.62 bits per heavy atom. The zero-order valence-corrected chi connectivity index (χ0v) is 16.0. The molecule has 1 unspecified atom stereocenters. The average Bonchev–Trinajstić information content (AvgIpc) is 2.59. The molecule has 1 atom stereocenters. The Kier molecular flexibility index (Phi) is 12.8. The molecule has 0 saturated carbocycles. The number of hydrogen-bond acceptors (Lipinski definition) is 4. The number of ether oxygens (including phenoxy) is 2. The highest BCUT2D eigenvalue weighted by Crippen LogP contribution is 2.03. The summed E-state index contributed by atoms with van der Waals surface area (Å²) in [4.78, 5) is 7.19. The summed E-state index contributed by atoms with van der Waals surface area (Å²) in [6, 6.07) is 0. The van der Waals surface area contributed by atoms with Gasteiger partial charge in [0.15, 0.2) is 5.96 Å². The van der Waals surface area contributed by atoms with E-state index in [1.807, 2.05) is 0 Å². The summed E-state index contributed by atoms with van der Waals surface area (Å²) in [6.07, 6.45) is 3.36. The lowest BCUT2D eigenvalue weighted by atomic mass is 10.1. The first-order valence-electron chi connectivity index (χ1n) is 9.66. The topological polar surface area (TPSA) is 58.1 Å². The highest BCUT2D eigenvalue weighted by Gasteiger charge is 2.13. The van der Waals surface area contributed by atoms with Crippen LogP contribution >= 0.6 is 0 Å². The Labute approximate surface area is 148 Å². The molecule has 0 spiro atoms. The van der Waals surface area contributed by atoms with Crippen molar-refractivity contribution in [1.82, 2.24) is 15.5 Å². The maximum absolute atomic E-state index is 5.58. The van der Waals surface area contributed by atoms with Crippen molar-refractivity contribution >= 4 is 5.96 Å². The second-order valence-electron chi connectivity index (χ2n) is 6.48. The predicted molar refractivity (Wildman–Crippen MR) is 101 cm³/mol. The van der Waals surface area contributed by atoms with Crippen molar-refractivity contribution in [2.24, 2.45) is 10.9 Å². The highest BCUT2D eigenvalue weighted by atomic mass is 16.5. The van der Waals surface area contributed by atoms with Crippen molar-refractivity contribution < 1.29 is 9.47 Å². The molecule has 0 radical (unpaired) electrons. The van der Waals surface area contributed by atoms with Gasteiger partial charge in [-0.15, -0.1) is 0 Å². The fraction of sp³-hybridized carbons (Fsp3) is 0.944. The molecule has 0 aromatic heterocycles. The normalized spacial score (nSPS) is 17.7. The number of nitrogens with one attached hydrogen (secondary N) is 2. The molecule has 1 fully saturated rings. The van der Waals surface area contributed by atoms with E-state index in [2.05, 4.69) is 36.3 Å². The van der Waals surface area contributed by atoms with Crippen LogP contribution in [0.1, 0.15) is 40.0 Å². The fourth-order valence-corrected chi connectivity index (χ4v) is 2.60. The minimum Gasteiger partial charge on any atom is -0.381 e. The maximum atomic E-state index is 5.58. The van der Waals surface area contributed by atoms with E-state index < -0.39 is 0 Å². The summed E-state index contributed by atoms with van der Waals surface area (Å²) in [7, 11) is 0. The standard InChI is InChI=1S/C18H38N4O2/c1-4-6-11-23-12-7-8-20-18(19-5-2)21-15-17(3)16-22-9-13-24-14-10-22/h17H,4-16H2,1-3H3,(H2,19,20,21). The Morgan fingerprint density at radius 1 is 1.17 bits per heavy atom. The average molecular weight is 343 g/mol. The van der Waals surface area contributed by atoms with Crippen molar-refractivity contribution in [2.75, 3.05) is 65.7 Å². The van der Waals surface area contributed by atoms with E-state index in [9.17, 15) is 0 Å². The van der Waals surface area contributed by atoms with Gasteiger partial charge in [0.2, 0.25) is 0 Å². The molecular weight excluding hydrogens is 304 g/mol. The van der Waals surface area contributed by atoms with Crippen molar-refractivity contribution in [2.45, 2.75) is 40.0 Å². The fourth-order valence-electron chi connectivity index (χ4n) is 2.60. The van der Waals surface area contributed by atoms with E-state index in [0.717, 1.165) is 84.5 Å². The Morgan fingerprint density at radius 2 is 1.92 bits per heavy atom. The quantitative estimate of drug-likeness (QED) is 0.321. The third-order valence-corrected chi connectivity index (χ3v) is 3.98. The molecule has 2 N–H and O–H groups in total. The molecule has 6 heteroatoms. The van der Waals surface area contributed by atoms with Crippen LogP contribution in [0.3, 0.4) is 0 Å². The molecule has 1 rings (SSSR count). The highest BCUT2D eigenvalue weighted by molar-refractivity contribution is 5.79. The van der Waals surface area contributed by atoms with Crippen LogP contribution in [0.2, 0.25) is 0 Å². The van der Waals surface area contributed by atoms with E-state index in [1.165, 1.54) is 6.42 Å². The lowest BCUT2D eigenvalue weighted by molar-refractivity contribution is 0.0323. The summed E-state index contributed by atoms with van der Waals surface area (Å²) in [5.74, 6) is 1.47. The van der Waals surface area contributed by atoms with Gasteiger partial charge in [0.05, 0.1) is 13.2 Å². The Balaban J connectivity index is 2.17. The van der Waals surface area contributed by atoms with Gasteiger partial charge in [-0.3, -0.25) is 9.89 Å². The first-order chi connectivity index (χ1) is 11.8. The second kappa shape index (κ2) is 14.5. The third-order valence-electron chi connectivity index (χ3n) is 3.98. The van der Waals surface area contributed by atoms with E-state index in [1.54, 1.807) is 0 Å². The van der Waals surface area contributed by atoms with Gasteiger partial charge in [-0.05, 0) is 25.7 Å². The summed E-state index contributed by atoms with van der Waals surface area (Å²) >= 11 is 0. The zero-order valence-electron chi connectivity index (χ0n) is 16.0. The van der Waals surface area contributed by atoms with Gasteiger partial charge in [0, 0.05) is 52.5 Å². The van der Waals surface area contributed by atoms with Crippen LogP contribution < -0.4 is 10.6 Å². The van der Waals surface area contributed by atoms with Gasteiger partial charge in [0.25, 0.3) is 0 Å². The molecule has 142 valence electrons. The largest absolute Gasteiger partial charge is 0.381 e.